The van der Waals surface area contributed by atoms with Gasteiger partial charge in [-0.25, -0.2) is 4.98 Å². The summed E-state index contributed by atoms with van der Waals surface area (Å²) in [5, 5.41) is 10.5. The number of fused-ring (bicyclic) bond motifs is 1. The molecule has 6 heteroatoms. The average Bonchev–Trinajstić information content (AvgIpc) is 2.48. The predicted octanol–water partition coefficient (Wildman–Crippen LogP) is 1.76. The molecule has 1 heterocycles. The molecule has 2 rings (SSSR count). The minimum atomic E-state index is -0.470. The van der Waals surface area contributed by atoms with E-state index in [1.54, 1.807) is 6.07 Å². The van der Waals surface area contributed by atoms with Crippen molar-refractivity contribution in [3.63, 3.8) is 0 Å². The van der Waals surface area contributed by atoms with Crippen LogP contribution in [0.15, 0.2) is 23.4 Å². The Morgan fingerprint density at radius 3 is 3.00 bits per heavy atom. The van der Waals surface area contributed by atoms with Crippen LogP contribution < -0.4 is 0 Å². The lowest BCUT2D eigenvalue weighted by atomic mass is 10.3. The van der Waals surface area contributed by atoms with Crippen molar-refractivity contribution >= 4 is 29.3 Å². The van der Waals surface area contributed by atoms with E-state index in [0.717, 1.165) is 0 Å². The van der Waals surface area contributed by atoms with Gasteiger partial charge in [0.25, 0.3) is 5.69 Å². The Hall–Kier alpha value is -1.56. The fraction of sp³-hybridized carbons (Fsp3) is 0. The standard InChI is InChI=1S/C7H5N3O2S/c11-10(12)6-1-4-5(2-7(6)13)9-3-8-4/h1-3,13H,(H,8,9). The van der Waals surface area contributed by atoms with Gasteiger partial charge in [-0.05, 0) is 6.07 Å². The SMILES string of the molecule is O=[N+]([O-])c1cc2[nH]cnc2cc1S. The van der Waals surface area contributed by atoms with Gasteiger partial charge in [0.05, 0.1) is 27.2 Å². The van der Waals surface area contributed by atoms with Crippen molar-refractivity contribution < 1.29 is 4.92 Å². The largest absolute Gasteiger partial charge is 0.344 e. The van der Waals surface area contributed by atoms with E-state index in [0.29, 0.717) is 15.9 Å². The summed E-state index contributed by atoms with van der Waals surface area (Å²) < 4.78 is 0. The third-order valence-electron chi connectivity index (χ3n) is 1.71. The van der Waals surface area contributed by atoms with Gasteiger partial charge >= 0.3 is 0 Å². The molecule has 0 spiro atoms. The molecule has 0 saturated heterocycles. The number of aromatic nitrogens is 2. The molecule has 0 saturated carbocycles. The molecule has 66 valence electrons. The number of H-pyrrole nitrogens is 1. The zero-order valence-corrected chi connectivity index (χ0v) is 7.28. The molecular formula is C7H5N3O2S. The Morgan fingerprint density at radius 2 is 2.31 bits per heavy atom. The van der Waals surface area contributed by atoms with Crippen LogP contribution in [-0.2, 0) is 0 Å². The first-order valence-electron chi connectivity index (χ1n) is 3.49. The molecule has 13 heavy (non-hydrogen) atoms. The number of benzene rings is 1. The highest BCUT2D eigenvalue weighted by molar-refractivity contribution is 7.80. The molecule has 1 aromatic heterocycles. The summed E-state index contributed by atoms with van der Waals surface area (Å²) in [6.07, 6.45) is 1.49. The fourth-order valence-corrected chi connectivity index (χ4v) is 1.37. The molecule has 0 bridgehead atoms. The van der Waals surface area contributed by atoms with E-state index in [4.69, 9.17) is 0 Å². The first kappa shape index (κ1) is 8.06. The lowest BCUT2D eigenvalue weighted by molar-refractivity contribution is -0.387. The maximum atomic E-state index is 10.5. The first-order chi connectivity index (χ1) is 6.18. The predicted molar refractivity (Wildman–Crippen MR) is 50.0 cm³/mol. The van der Waals surface area contributed by atoms with E-state index in [2.05, 4.69) is 22.6 Å². The van der Waals surface area contributed by atoms with Gasteiger partial charge < -0.3 is 4.98 Å². The minimum absolute atomic E-state index is 0.0138. The molecule has 0 fully saturated rings. The maximum absolute atomic E-state index is 10.5. The number of nitro benzene ring substituents is 1. The van der Waals surface area contributed by atoms with Crippen LogP contribution in [0.25, 0.3) is 11.0 Å². The van der Waals surface area contributed by atoms with Gasteiger partial charge in [-0.2, -0.15) is 0 Å². The molecule has 0 radical (unpaired) electrons. The summed E-state index contributed by atoms with van der Waals surface area (Å²) in [5.74, 6) is 0. The van der Waals surface area contributed by atoms with Crippen LogP contribution >= 0.6 is 12.6 Å². The highest BCUT2D eigenvalue weighted by Crippen LogP contribution is 2.26. The Morgan fingerprint density at radius 1 is 1.54 bits per heavy atom. The van der Waals surface area contributed by atoms with Crippen LogP contribution in [-0.4, -0.2) is 14.9 Å². The fourth-order valence-electron chi connectivity index (χ4n) is 1.11. The quantitative estimate of drug-likeness (QED) is 0.413. The van der Waals surface area contributed by atoms with Crippen LogP contribution in [0, 0.1) is 10.1 Å². The van der Waals surface area contributed by atoms with Crippen LogP contribution in [0.4, 0.5) is 5.69 Å². The van der Waals surface area contributed by atoms with E-state index < -0.39 is 4.92 Å². The summed E-state index contributed by atoms with van der Waals surface area (Å²) in [7, 11) is 0. The second kappa shape index (κ2) is 2.74. The molecule has 2 aromatic rings. The summed E-state index contributed by atoms with van der Waals surface area (Å²) in [6, 6.07) is 2.98. The van der Waals surface area contributed by atoms with Gasteiger partial charge in [0.2, 0.25) is 0 Å². The number of nitrogens with one attached hydrogen (secondary N) is 1. The molecule has 0 unspecified atom stereocenters. The monoisotopic (exact) mass is 195 g/mol. The van der Waals surface area contributed by atoms with Crippen LogP contribution in [0.3, 0.4) is 0 Å². The normalized spacial score (nSPS) is 10.5. The maximum Gasteiger partial charge on any atom is 0.284 e. The van der Waals surface area contributed by atoms with Crippen molar-refractivity contribution in [2.45, 2.75) is 4.90 Å². The van der Waals surface area contributed by atoms with Gasteiger partial charge in [-0.3, -0.25) is 10.1 Å². The van der Waals surface area contributed by atoms with E-state index >= 15 is 0 Å². The number of aromatic amines is 1. The van der Waals surface area contributed by atoms with Crippen molar-refractivity contribution in [2.75, 3.05) is 0 Å². The number of hydrogen-bond donors (Lipinski definition) is 2. The van der Waals surface area contributed by atoms with Gasteiger partial charge in [-0.1, -0.05) is 0 Å². The van der Waals surface area contributed by atoms with E-state index in [1.807, 2.05) is 0 Å². The summed E-state index contributed by atoms with van der Waals surface area (Å²) >= 11 is 3.99. The van der Waals surface area contributed by atoms with Crippen molar-refractivity contribution in [2.24, 2.45) is 0 Å². The summed E-state index contributed by atoms with van der Waals surface area (Å²) in [4.78, 5) is 17.1. The van der Waals surface area contributed by atoms with Crippen LogP contribution in [0.2, 0.25) is 0 Å². The van der Waals surface area contributed by atoms with E-state index in [-0.39, 0.29) is 5.69 Å². The van der Waals surface area contributed by atoms with Crippen molar-refractivity contribution in [3.05, 3.63) is 28.6 Å². The topological polar surface area (TPSA) is 71.8 Å². The van der Waals surface area contributed by atoms with E-state index in [9.17, 15) is 10.1 Å². The summed E-state index contributed by atoms with van der Waals surface area (Å²) in [6.45, 7) is 0. The van der Waals surface area contributed by atoms with Crippen molar-refractivity contribution in [1.29, 1.82) is 0 Å². The summed E-state index contributed by atoms with van der Waals surface area (Å²) in [5.41, 5.74) is 1.31. The molecule has 0 aliphatic rings. The number of thiol groups is 1. The third-order valence-corrected chi connectivity index (χ3v) is 2.07. The van der Waals surface area contributed by atoms with Gasteiger partial charge in [0, 0.05) is 6.07 Å². The lowest BCUT2D eigenvalue weighted by Crippen LogP contribution is -1.89. The molecule has 0 aliphatic heterocycles. The zero-order chi connectivity index (χ0) is 9.42. The smallest absolute Gasteiger partial charge is 0.284 e. The second-order valence-corrected chi connectivity index (χ2v) is 3.00. The Labute approximate surface area is 78.3 Å². The Bertz CT molecular complexity index is 480. The second-order valence-electron chi connectivity index (χ2n) is 2.52. The molecule has 1 aromatic carbocycles. The molecule has 0 aliphatic carbocycles. The minimum Gasteiger partial charge on any atom is -0.344 e. The third kappa shape index (κ3) is 1.25. The average molecular weight is 195 g/mol. The molecular weight excluding hydrogens is 190 g/mol. The van der Waals surface area contributed by atoms with Gasteiger partial charge in [0.1, 0.15) is 0 Å². The highest BCUT2D eigenvalue weighted by atomic mass is 32.1. The molecule has 0 amide bonds. The lowest BCUT2D eigenvalue weighted by Gasteiger charge is -1.94. The van der Waals surface area contributed by atoms with Gasteiger partial charge in [-0.15, -0.1) is 12.6 Å². The molecule has 5 nitrogen and oxygen atoms in total. The zero-order valence-electron chi connectivity index (χ0n) is 6.39. The molecule has 0 atom stereocenters. The van der Waals surface area contributed by atoms with Crippen LogP contribution in [0.1, 0.15) is 0 Å². The Balaban J connectivity index is 2.76. The van der Waals surface area contributed by atoms with E-state index in [1.165, 1.54) is 12.4 Å². The van der Waals surface area contributed by atoms with Crippen molar-refractivity contribution in [1.82, 2.24) is 9.97 Å². The number of rotatable bonds is 1. The number of imidazole rings is 1. The number of hydrogen-bond acceptors (Lipinski definition) is 4. The van der Waals surface area contributed by atoms with Crippen molar-refractivity contribution in [3.8, 4) is 0 Å². The molecule has 1 N–H and O–H groups in total. The van der Waals surface area contributed by atoms with Crippen LogP contribution in [0.5, 0.6) is 0 Å². The first-order valence-corrected chi connectivity index (χ1v) is 3.93. The van der Waals surface area contributed by atoms with Gasteiger partial charge in [0.15, 0.2) is 0 Å². The number of nitrogens with zero attached hydrogens (tertiary/aromatic N) is 2. The highest BCUT2D eigenvalue weighted by Gasteiger charge is 2.12. The number of nitro groups is 1. The Kier molecular flexibility index (Phi) is 1.70.